The maximum absolute atomic E-state index is 12.8. The Morgan fingerprint density at radius 1 is 1.03 bits per heavy atom. The Labute approximate surface area is 180 Å². The number of hydrogen-bond donors (Lipinski definition) is 0. The van der Waals surface area contributed by atoms with Crippen molar-refractivity contribution in [3.8, 4) is 11.6 Å². The molecule has 0 bridgehead atoms. The molecule has 0 spiro atoms. The summed E-state index contributed by atoms with van der Waals surface area (Å²) in [4.78, 5) is 26.8. The molecule has 4 rings (SSSR count). The summed E-state index contributed by atoms with van der Waals surface area (Å²) in [6.07, 6.45) is 0.640. The molecule has 1 aliphatic heterocycles. The monoisotopic (exact) mass is 423 g/mol. The third kappa shape index (κ3) is 3.48. The Hall–Kier alpha value is -3.12. The molecule has 0 saturated heterocycles. The zero-order chi connectivity index (χ0) is 21.4. The highest BCUT2D eigenvalue weighted by Crippen LogP contribution is 2.34. The highest BCUT2D eigenvalue weighted by Gasteiger charge is 2.36. The fourth-order valence-corrected chi connectivity index (χ4v) is 3.79. The third-order valence-electron chi connectivity index (χ3n) is 5.08. The zero-order valence-corrected chi connectivity index (χ0v) is 17.8. The second-order valence-electron chi connectivity index (χ2n) is 7.42. The molecule has 0 unspecified atom stereocenters. The van der Waals surface area contributed by atoms with Crippen LogP contribution < -0.4 is 4.74 Å². The number of benzene rings is 2. The zero-order valence-electron chi connectivity index (χ0n) is 17.1. The van der Waals surface area contributed by atoms with Crippen LogP contribution in [0.15, 0.2) is 48.5 Å². The van der Waals surface area contributed by atoms with Crippen LogP contribution in [0, 0.1) is 0 Å². The molecule has 2 heterocycles. The van der Waals surface area contributed by atoms with Gasteiger partial charge in [-0.3, -0.25) is 14.5 Å². The highest BCUT2D eigenvalue weighted by molar-refractivity contribution is 6.30. The number of nitrogens with zero attached hydrogens (tertiary/aromatic N) is 3. The van der Waals surface area contributed by atoms with E-state index < -0.39 is 0 Å². The van der Waals surface area contributed by atoms with Crippen LogP contribution in [-0.4, -0.2) is 26.5 Å². The number of amides is 2. The van der Waals surface area contributed by atoms with E-state index in [9.17, 15) is 9.59 Å². The largest absolute Gasteiger partial charge is 0.439 e. The van der Waals surface area contributed by atoms with Crippen molar-refractivity contribution in [3.63, 3.8) is 0 Å². The standard InChI is InChI=1S/C23H22ClN3O3/c1-4-17-20(13-26-21(28)18-10-5-6-11-19(18)22(26)29)25-27(14(2)3)23(17)30-16-9-7-8-15(24)12-16/h5-12,14H,4,13H2,1-3H3. The summed E-state index contributed by atoms with van der Waals surface area (Å²) in [7, 11) is 0. The van der Waals surface area contributed by atoms with Crippen molar-refractivity contribution >= 4 is 23.4 Å². The average molecular weight is 424 g/mol. The van der Waals surface area contributed by atoms with Crippen LogP contribution in [0.1, 0.15) is 58.8 Å². The number of rotatable bonds is 6. The molecule has 0 aliphatic carbocycles. The van der Waals surface area contributed by atoms with Gasteiger partial charge < -0.3 is 4.74 Å². The highest BCUT2D eigenvalue weighted by atomic mass is 35.5. The van der Waals surface area contributed by atoms with Gasteiger partial charge >= 0.3 is 0 Å². The Morgan fingerprint density at radius 2 is 1.70 bits per heavy atom. The molecule has 30 heavy (non-hydrogen) atoms. The number of ether oxygens (including phenoxy) is 1. The number of aromatic nitrogens is 2. The Bertz CT molecular complexity index is 1100. The van der Waals surface area contributed by atoms with Crippen molar-refractivity contribution in [2.45, 2.75) is 39.8 Å². The van der Waals surface area contributed by atoms with E-state index >= 15 is 0 Å². The van der Waals surface area contributed by atoms with Gasteiger partial charge in [-0.05, 0) is 50.6 Å². The first-order valence-electron chi connectivity index (χ1n) is 9.89. The van der Waals surface area contributed by atoms with E-state index in [2.05, 4.69) is 0 Å². The van der Waals surface area contributed by atoms with Gasteiger partial charge in [0.2, 0.25) is 5.88 Å². The van der Waals surface area contributed by atoms with Crippen LogP contribution in [0.2, 0.25) is 5.02 Å². The molecule has 154 valence electrons. The Kier molecular flexibility index (Phi) is 5.35. The van der Waals surface area contributed by atoms with E-state index in [-0.39, 0.29) is 24.4 Å². The maximum atomic E-state index is 12.8. The molecule has 0 saturated carbocycles. The number of hydrogen-bond acceptors (Lipinski definition) is 4. The quantitative estimate of drug-likeness (QED) is 0.507. The SMILES string of the molecule is CCc1c(CN2C(=O)c3ccccc3C2=O)nn(C(C)C)c1Oc1cccc(Cl)c1. The molecule has 1 aliphatic rings. The molecule has 0 radical (unpaired) electrons. The fourth-order valence-electron chi connectivity index (χ4n) is 3.61. The van der Waals surface area contributed by atoms with Gasteiger partial charge in [0.25, 0.3) is 11.8 Å². The Morgan fingerprint density at radius 3 is 2.27 bits per heavy atom. The molecule has 2 aromatic carbocycles. The van der Waals surface area contributed by atoms with E-state index in [1.165, 1.54) is 4.90 Å². The second kappa shape index (κ2) is 7.95. The predicted molar refractivity (Wildman–Crippen MR) is 114 cm³/mol. The van der Waals surface area contributed by atoms with E-state index in [4.69, 9.17) is 21.4 Å². The number of carbonyl (C=O) groups is 2. The predicted octanol–water partition coefficient (Wildman–Crippen LogP) is 5.27. The van der Waals surface area contributed by atoms with Crippen molar-refractivity contribution in [1.82, 2.24) is 14.7 Å². The van der Waals surface area contributed by atoms with E-state index in [1.54, 1.807) is 41.1 Å². The van der Waals surface area contributed by atoms with Crippen LogP contribution >= 0.6 is 11.6 Å². The topological polar surface area (TPSA) is 64.4 Å². The summed E-state index contributed by atoms with van der Waals surface area (Å²) in [6, 6.07) is 14.1. The van der Waals surface area contributed by atoms with Crippen LogP contribution in [0.3, 0.4) is 0 Å². The number of imide groups is 1. The van der Waals surface area contributed by atoms with Gasteiger partial charge in [-0.15, -0.1) is 0 Å². The van der Waals surface area contributed by atoms with Crippen molar-refractivity contribution in [2.24, 2.45) is 0 Å². The van der Waals surface area contributed by atoms with Gasteiger partial charge in [-0.25, -0.2) is 4.68 Å². The summed E-state index contributed by atoms with van der Waals surface area (Å²) in [5, 5.41) is 5.28. The van der Waals surface area contributed by atoms with Crippen LogP contribution in [0.5, 0.6) is 11.6 Å². The minimum atomic E-state index is -0.297. The first-order chi connectivity index (χ1) is 14.4. The molecular formula is C23H22ClN3O3. The molecular weight excluding hydrogens is 402 g/mol. The minimum absolute atomic E-state index is 0.0282. The fraction of sp³-hybridized carbons (Fsp3) is 0.261. The summed E-state index contributed by atoms with van der Waals surface area (Å²) >= 11 is 6.10. The Balaban J connectivity index is 1.71. The lowest BCUT2D eigenvalue weighted by Crippen LogP contribution is -2.29. The summed E-state index contributed by atoms with van der Waals surface area (Å²) in [5.74, 6) is 0.607. The normalized spacial score (nSPS) is 13.3. The van der Waals surface area contributed by atoms with Crippen LogP contribution in [0.25, 0.3) is 0 Å². The first-order valence-corrected chi connectivity index (χ1v) is 10.3. The summed E-state index contributed by atoms with van der Waals surface area (Å²) in [5.41, 5.74) is 2.37. The number of halogens is 1. The van der Waals surface area contributed by atoms with Crippen molar-refractivity contribution in [2.75, 3.05) is 0 Å². The van der Waals surface area contributed by atoms with Crippen molar-refractivity contribution < 1.29 is 14.3 Å². The second-order valence-corrected chi connectivity index (χ2v) is 7.86. The van der Waals surface area contributed by atoms with Gasteiger partial charge in [-0.2, -0.15) is 5.10 Å². The molecule has 0 fully saturated rings. The van der Waals surface area contributed by atoms with Gasteiger partial charge in [0.15, 0.2) is 0 Å². The van der Waals surface area contributed by atoms with E-state index in [0.717, 1.165) is 5.56 Å². The molecule has 2 amide bonds. The van der Waals surface area contributed by atoms with Crippen molar-refractivity contribution in [1.29, 1.82) is 0 Å². The van der Waals surface area contributed by atoms with Gasteiger partial charge in [0.1, 0.15) is 5.75 Å². The maximum Gasteiger partial charge on any atom is 0.261 e. The molecule has 7 heteroatoms. The molecule has 3 aromatic rings. The lowest BCUT2D eigenvalue weighted by atomic mass is 10.1. The summed E-state index contributed by atoms with van der Waals surface area (Å²) in [6.45, 7) is 6.10. The van der Waals surface area contributed by atoms with Crippen molar-refractivity contribution in [3.05, 3.63) is 75.9 Å². The number of carbonyl (C=O) groups excluding carboxylic acids is 2. The smallest absolute Gasteiger partial charge is 0.261 e. The van der Waals surface area contributed by atoms with E-state index in [1.807, 2.05) is 32.9 Å². The first kappa shape index (κ1) is 20.2. The van der Waals surface area contributed by atoms with Gasteiger partial charge in [0.05, 0.1) is 29.4 Å². The minimum Gasteiger partial charge on any atom is -0.439 e. The van der Waals surface area contributed by atoms with Gasteiger partial charge in [0, 0.05) is 10.6 Å². The van der Waals surface area contributed by atoms with Crippen LogP contribution in [-0.2, 0) is 13.0 Å². The average Bonchev–Trinajstić information content (AvgIpc) is 3.19. The van der Waals surface area contributed by atoms with Crippen LogP contribution in [0.4, 0.5) is 0 Å². The van der Waals surface area contributed by atoms with E-state index in [0.29, 0.717) is 39.9 Å². The molecule has 0 atom stereocenters. The number of fused-ring (bicyclic) bond motifs is 1. The lowest BCUT2D eigenvalue weighted by molar-refractivity contribution is 0.0639. The van der Waals surface area contributed by atoms with Gasteiger partial charge in [-0.1, -0.05) is 36.7 Å². The lowest BCUT2D eigenvalue weighted by Gasteiger charge is -2.13. The molecule has 1 aromatic heterocycles. The molecule has 6 nitrogen and oxygen atoms in total. The molecule has 0 N–H and O–H groups in total. The summed E-state index contributed by atoms with van der Waals surface area (Å²) < 4.78 is 7.95. The third-order valence-corrected chi connectivity index (χ3v) is 5.32.